The molecule has 1 N–H and O–H groups in total. The van der Waals surface area contributed by atoms with E-state index in [1.807, 2.05) is 0 Å². The summed E-state index contributed by atoms with van der Waals surface area (Å²) in [5.41, 5.74) is 0.564. The summed E-state index contributed by atoms with van der Waals surface area (Å²) in [4.78, 5) is 29.3. The highest BCUT2D eigenvalue weighted by molar-refractivity contribution is 5.90. The van der Waals surface area contributed by atoms with Crippen molar-refractivity contribution in [2.75, 3.05) is 0 Å². The third kappa shape index (κ3) is 2.38. The lowest BCUT2D eigenvalue weighted by atomic mass is 9.87. The van der Waals surface area contributed by atoms with E-state index < -0.39 is 0 Å². The Morgan fingerprint density at radius 3 is 2.69 bits per heavy atom. The predicted octanol–water partition coefficient (Wildman–Crippen LogP) is 2.02. The van der Waals surface area contributed by atoms with Crippen molar-refractivity contribution in [1.29, 1.82) is 0 Å². The average Bonchev–Trinajstić information content (AvgIpc) is 2.29. The molecule has 2 rings (SSSR count). The van der Waals surface area contributed by atoms with Crippen LogP contribution < -0.4 is 5.56 Å². The molecule has 1 fully saturated rings. The molecule has 0 amide bonds. The third-order valence-corrected chi connectivity index (χ3v) is 3.12. The molecular weight excluding hydrogens is 204 g/mol. The quantitative estimate of drug-likeness (QED) is 0.775. The molecule has 1 aromatic rings. The first-order valence-corrected chi connectivity index (χ1v) is 5.79. The number of aromatic amines is 1. The Morgan fingerprint density at radius 2 is 2.06 bits per heavy atom. The molecule has 0 bridgehead atoms. The van der Waals surface area contributed by atoms with Crippen LogP contribution in [0.15, 0.2) is 10.9 Å². The van der Waals surface area contributed by atoms with E-state index in [0.29, 0.717) is 5.92 Å². The van der Waals surface area contributed by atoms with Crippen LogP contribution in [-0.2, 0) is 0 Å². The van der Waals surface area contributed by atoms with Crippen molar-refractivity contribution < 1.29 is 4.79 Å². The molecule has 1 aromatic heterocycles. The maximum atomic E-state index is 11.4. The minimum atomic E-state index is -0.222. The Hall–Kier alpha value is -1.45. The van der Waals surface area contributed by atoms with Crippen molar-refractivity contribution in [3.63, 3.8) is 0 Å². The van der Waals surface area contributed by atoms with Crippen LogP contribution in [0.4, 0.5) is 0 Å². The van der Waals surface area contributed by atoms with E-state index in [-0.39, 0.29) is 17.2 Å². The van der Waals surface area contributed by atoms with Crippen LogP contribution in [0.25, 0.3) is 0 Å². The summed E-state index contributed by atoms with van der Waals surface area (Å²) in [7, 11) is 0. The lowest BCUT2D eigenvalue weighted by molar-refractivity contribution is 0.100. The lowest BCUT2D eigenvalue weighted by Gasteiger charge is -2.20. The highest BCUT2D eigenvalue weighted by Crippen LogP contribution is 2.30. The van der Waals surface area contributed by atoms with Crippen LogP contribution in [0.1, 0.15) is 61.3 Å². The molecule has 1 saturated carbocycles. The van der Waals surface area contributed by atoms with Crippen molar-refractivity contribution in [1.82, 2.24) is 9.97 Å². The van der Waals surface area contributed by atoms with Gasteiger partial charge in [-0.15, -0.1) is 0 Å². The minimum absolute atomic E-state index is 0.185. The fraction of sp³-hybridized carbons (Fsp3) is 0.583. The molecule has 4 heteroatoms. The van der Waals surface area contributed by atoms with Crippen LogP contribution in [0, 0.1) is 0 Å². The molecule has 16 heavy (non-hydrogen) atoms. The summed E-state index contributed by atoms with van der Waals surface area (Å²) in [5.74, 6) is 0.358. The molecule has 1 heterocycles. The van der Waals surface area contributed by atoms with Gasteiger partial charge in [-0.05, 0) is 12.8 Å². The Balaban J connectivity index is 2.32. The van der Waals surface area contributed by atoms with Gasteiger partial charge in [-0.1, -0.05) is 19.3 Å². The molecule has 0 aromatic carbocycles. The van der Waals surface area contributed by atoms with Crippen LogP contribution in [0.5, 0.6) is 0 Å². The van der Waals surface area contributed by atoms with Crippen molar-refractivity contribution in [3.8, 4) is 0 Å². The highest BCUT2D eigenvalue weighted by atomic mass is 16.1. The molecule has 0 unspecified atom stereocenters. The minimum Gasteiger partial charge on any atom is -0.304 e. The SMILES string of the molecule is CC(=O)c1nc(C2CCCCC2)cc(=O)[nH]1. The number of carbonyl (C=O) groups excluding carboxylic acids is 1. The van der Waals surface area contributed by atoms with Crippen LogP contribution in [0.2, 0.25) is 0 Å². The molecular formula is C12H16N2O2. The Labute approximate surface area is 94.1 Å². The van der Waals surface area contributed by atoms with Crippen LogP contribution in [0.3, 0.4) is 0 Å². The van der Waals surface area contributed by atoms with E-state index in [2.05, 4.69) is 9.97 Å². The zero-order valence-corrected chi connectivity index (χ0v) is 9.45. The van der Waals surface area contributed by atoms with Crippen molar-refractivity contribution >= 4 is 5.78 Å². The topological polar surface area (TPSA) is 62.8 Å². The number of H-pyrrole nitrogens is 1. The van der Waals surface area contributed by atoms with Gasteiger partial charge in [0, 0.05) is 18.9 Å². The molecule has 86 valence electrons. The Morgan fingerprint density at radius 1 is 1.38 bits per heavy atom. The largest absolute Gasteiger partial charge is 0.304 e. The first kappa shape index (κ1) is 11.0. The molecule has 0 atom stereocenters. The fourth-order valence-corrected chi connectivity index (χ4v) is 2.25. The van der Waals surface area contributed by atoms with E-state index in [0.717, 1.165) is 18.5 Å². The third-order valence-electron chi connectivity index (χ3n) is 3.12. The standard InChI is InChI=1S/C12H16N2O2/c1-8(15)12-13-10(7-11(16)14-12)9-5-3-2-4-6-9/h7,9H,2-6H2,1H3,(H,13,14,16). The summed E-state index contributed by atoms with van der Waals surface area (Å²) in [6.45, 7) is 1.42. The Bertz CT molecular complexity index is 445. The van der Waals surface area contributed by atoms with Gasteiger partial charge in [-0.3, -0.25) is 9.59 Å². The number of hydrogen-bond acceptors (Lipinski definition) is 3. The zero-order valence-electron chi connectivity index (χ0n) is 9.45. The van der Waals surface area contributed by atoms with E-state index in [1.165, 1.54) is 32.3 Å². The van der Waals surface area contributed by atoms with Gasteiger partial charge in [-0.2, -0.15) is 0 Å². The van der Waals surface area contributed by atoms with Crippen molar-refractivity contribution in [2.45, 2.75) is 44.9 Å². The molecule has 1 aliphatic carbocycles. The van der Waals surface area contributed by atoms with E-state index in [4.69, 9.17) is 0 Å². The maximum Gasteiger partial charge on any atom is 0.251 e. The van der Waals surface area contributed by atoms with Gasteiger partial charge in [-0.25, -0.2) is 4.98 Å². The number of Topliss-reactive ketones (excluding diaryl/α,β-unsaturated/α-hetero) is 1. The predicted molar refractivity (Wildman–Crippen MR) is 60.7 cm³/mol. The van der Waals surface area contributed by atoms with Gasteiger partial charge in [0.05, 0.1) is 5.69 Å². The number of carbonyl (C=O) groups is 1. The van der Waals surface area contributed by atoms with Crippen molar-refractivity contribution in [3.05, 3.63) is 27.9 Å². The number of nitrogens with zero attached hydrogens (tertiary/aromatic N) is 1. The first-order valence-electron chi connectivity index (χ1n) is 5.79. The van der Waals surface area contributed by atoms with Crippen LogP contribution in [-0.4, -0.2) is 15.8 Å². The summed E-state index contributed by atoms with van der Waals surface area (Å²) in [6.07, 6.45) is 5.80. The van der Waals surface area contributed by atoms with Gasteiger partial charge >= 0.3 is 0 Å². The van der Waals surface area contributed by atoms with E-state index in [1.54, 1.807) is 0 Å². The van der Waals surface area contributed by atoms with Gasteiger partial charge in [0.1, 0.15) is 0 Å². The number of nitrogens with one attached hydrogen (secondary N) is 1. The van der Waals surface area contributed by atoms with E-state index in [9.17, 15) is 9.59 Å². The number of hydrogen-bond donors (Lipinski definition) is 1. The summed E-state index contributed by atoms with van der Waals surface area (Å²) < 4.78 is 0. The molecule has 4 nitrogen and oxygen atoms in total. The number of ketones is 1. The van der Waals surface area contributed by atoms with Crippen LogP contribution >= 0.6 is 0 Å². The molecule has 0 aliphatic heterocycles. The normalized spacial score (nSPS) is 17.3. The van der Waals surface area contributed by atoms with Gasteiger partial charge in [0.2, 0.25) is 0 Å². The maximum absolute atomic E-state index is 11.4. The second kappa shape index (κ2) is 4.60. The van der Waals surface area contributed by atoms with Crippen molar-refractivity contribution in [2.24, 2.45) is 0 Å². The molecule has 0 radical (unpaired) electrons. The van der Waals surface area contributed by atoms with E-state index >= 15 is 0 Å². The van der Waals surface area contributed by atoms with Gasteiger partial charge < -0.3 is 4.98 Å². The van der Waals surface area contributed by atoms with Gasteiger partial charge in [0.25, 0.3) is 5.56 Å². The summed E-state index contributed by atoms with van der Waals surface area (Å²) >= 11 is 0. The number of aromatic nitrogens is 2. The zero-order chi connectivity index (χ0) is 11.5. The summed E-state index contributed by atoms with van der Waals surface area (Å²) in [5, 5.41) is 0. The molecule has 0 saturated heterocycles. The lowest BCUT2D eigenvalue weighted by Crippen LogP contribution is -2.18. The second-order valence-corrected chi connectivity index (χ2v) is 4.41. The monoisotopic (exact) mass is 220 g/mol. The second-order valence-electron chi connectivity index (χ2n) is 4.41. The first-order chi connectivity index (χ1) is 7.66. The average molecular weight is 220 g/mol. The Kier molecular flexibility index (Phi) is 3.17. The van der Waals surface area contributed by atoms with Gasteiger partial charge in [0.15, 0.2) is 11.6 Å². The highest BCUT2D eigenvalue weighted by Gasteiger charge is 2.18. The molecule has 0 spiro atoms. The number of rotatable bonds is 2. The molecule has 1 aliphatic rings. The fourth-order valence-electron chi connectivity index (χ4n) is 2.25. The summed E-state index contributed by atoms with van der Waals surface area (Å²) in [6, 6.07) is 1.53. The smallest absolute Gasteiger partial charge is 0.251 e.